The van der Waals surface area contributed by atoms with E-state index in [0.717, 1.165) is 19.5 Å². The van der Waals surface area contributed by atoms with Crippen LogP contribution in [-0.2, 0) is 11.3 Å². The number of Topliss-reactive ketones (excluding diaryl/α,β-unsaturated/α-hetero) is 1. The average Bonchev–Trinajstić information content (AvgIpc) is 2.79. The lowest BCUT2D eigenvalue weighted by atomic mass is 10.0. The van der Waals surface area contributed by atoms with Crippen LogP contribution >= 0.6 is 11.3 Å². The summed E-state index contributed by atoms with van der Waals surface area (Å²) >= 11 is 1.75. The number of ketones is 1. The highest BCUT2D eigenvalue weighted by atomic mass is 32.1. The SMILES string of the molecule is CCC(C)C(=O)CN(CC)Cc1cccs1. The van der Waals surface area contributed by atoms with Crippen LogP contribution < -0.4 is 0 Å². The molecular formula is C13H21NOS. The van der Waals surface area contributed by atoms with Crippen LogP contribution in [0.15, 0.2) is 17.5 Å². The average molecular weight is 239 g/mol. The summed E-state index contributed by atoms with van der Waals surface area (Å²) in [7, 11) is 0. The molecule has 0 aromatic carbocycles. The molecule has 1 heterocycles. The van der Waals surface area contributed by atoms with Gasteiger partial charge in [-0.05, 0) is 24.4 Å². The van der Waals surface area contributed by atoms with Crippen molar-refractivity contribution in [3.63, 3.8) is 0 Å². The van der Waals surface area contributed by atoms with Crippen LogP contribution in [0.25, 0.3) is 0 Å². The van der Waals surface area contributed by atoms with Gasteiger partial charge in [-0.2, -0.15) is 0 Å². The van der Waals surface area contributed by atoms with Crippen molar-refractivity contribution in [2.75, 3.05) is 13.1 Å². The second kappa shape index (κ2) is 6.81. The number of carbonyl (C=O) groups excluding carboxylic acids is 1. The van der Waals surface area contributed by atoms with Crippen LogP contribution in [0.1, 0.15) is 32.1 Å². The van der Waals surface area contributed by atoms with Crippen LogP contribution in [0.2, 0.25) is 0 Å². The Kier molecular flexibility index (Phi) is 5.71. The standard InChI is InChI=1S/C13H21NOS/c1-4-11(3)13(15)10-14(5-2)9-12-7-6-8-16-12/h6-8,11H,4-5,9-10H2,1-3H3. The van der Waals surface area contributed by atoms with E-state index >= 15 is 0 Å². The van der Waals surface area contributed by atoms with Crippen molar-refractivity contribution in [1.29, 1.82) is 0 Å². The Morgan fingerprint density at radius 1 is 1.50 bits per heavy atom. The molecule has 1 atom stereocenters. The summed E-state index contributed by atoms with van der Waals surface area (Å²) in [5.41, 5.74) is 0. The van der Waals surface area contributed by atoms with Crippen molar-refractivity contribution >= 4 is 17.1 Å². The molecule has 1 aromatic rings. The van der Waals surface area contributed by atoms with E-state index in [4.69, 9.17) is 0 Å². The fourth-order valence-electron chi connectivity index (χ4n) is 1.51. The van der Waals surface area contributed by atoms with E-state index in [-0.39, 0.29) is 5.92 Å². The largest absolute Gasteiger partial charge is 0.298 e. The third kappa shape index (κ3) is 4.06. The summed E-state index contributed by atoms with van der Waals surface area (Å²) in [4.78, 5) is 15.4. The topological polar surface area (TPSA) is 20.3 Å². The summed E-state index contributed by atoms with van der Waals surface area (Å²) in [6.45, 7) is 8.61. The van der Waals surface area contributed by atoms with E-state index in [1.54, 1.807) is 11.3 Å². The van der Waals surface area contributed by atoms with E-state index < -0.39 is 0 Å². The highest BCUT2D eigenvalue weighted by Gasteiger charge is 2.14. The van der Waals surface area contributed by atoms with E-state index in [1.807, 2.05) is 6.92 Å². The smallest absolute Gasteiger partial charge is 0.149 e. The highest BCUT2D eigenvalue weighted by molar-refractivity contribution is 7.09. The highest BCUT2D eigenvalue weighted by Crippen LogP contribution is 2.12. The number of hydrogen-bond acceptors (Lipinski definition) is 3. The van der Waals surface area contributed by atoms with Crippen LogP contribution in [0.4, 0.5) is 0 Å². The van der Waals surface area contributed by atoms with E-state index in [9.17, 15) is 4.79 Å². The number of nitrogens with zero attached hydrogens (tertiary/aromatic N) is 1. The first-order valence-corrected chi connectivity index (χ1v) is 6.82. The molecule has 0 N–H and O–H groups in total. The van der Waals surface area contributed by atoms with Crippen LogP contribution in [0.5, 0.6) is 0 Å². The zero-order valence-corrected chi connectivity index (χ0v) is 11.2. The van der Waals surface area contributed by atoms with Gasteiger partial charge < -0.3 is 0 Å². The van der Waals surface area contributed by atoms with Gasteiger partial charge in [0.2, 0.25) is 0 Å². The molecule has 0 amide bonds. The Labute approximate surface area is 102 Å². The van der Waals surface area contributed by atoms with Crippen LogP contribution in [-0.4, -0.2) is 23.8 Å². The van der Waals surface area contributed by atoms with Gasteiger partial charge in [-0.15, -0.1) is 11.3 Å². The van der Waals surface area contributed by atoms with Crippen molar-refractivity contribution in [1.82, 2.24) is 4.90 Å². The lowest BCUT2D eigenvalue weighted by molar-refractivity contribution is -0.123. The van der Waals surface area contributed by atoms with Gasteiger partial charge in [-0.25, -0.2) is 0 Å². The van der Waals surface area contributed by atoms with Crippen LogP contribution in [0, 0.1) is 5.92 Å². The van der Waals surface area contributed by atoms with Crippen molar-refractivity contribution in [3.8, 4) is 0 Å². The number of carbonyl (C=O) groups is 1. The summed E-state index contributed by atoms with van der Waals surface area (Å²) in [6, 6.07) is 4.19. The molecule has 90 valence electrons. The Morgan fingerprint density at radius 2 is 2.25 bits per heavy atom. The molecule has 0 radical (unpaired) electrons. The minimum absolute atomic E-state index is 0.192. The van der Waals surface area contributed by atoms with Gasteiger partial charge in [0, 0.05) is 17.3 Å². The molecule has 0 bridgehead atoms. The minimum atomic E-state index is 0.192. The minimum Gasteiger partial charge on any atom is -0.298 e. The van der Waals surface area contributed by atoms with Gasteiger partial charge in [0.1, 0.15) is 5.78 Å². The number of hydrogen-bond donors (Lipinski definition) is 0. The first-order chi connectivity index (χ1) is 7.67. The molecule has 2 nitrogen and oxygen atoms in total. The summed E-state index contributed by atoms with van der Waals surface area (Å²) in [5, 5.41) is 2.08. The lowest BCUT2D eigenvalue weighted by Crippen LogP contribution is -2.31. The zero-order chi connectivity index (χ0) is 12.0. The van der Waals surface area contributed by atoms with E-state index in [0.29, 0.717) is 12.3 Å². The molecule has 1 unspecified atom stereocenters. The molecule has 0 aliphatic carbocycles. The van der Waals surface area contributed by atoms with Gasteiger partial charge in [-0.1, -0.05) is 26.8 Å². The molecule has 16 heavy (non-hydrogen) atoms. The number of rotatable bonds is 7. The predicted molar refractivity (Wildman–Crippen MR) is 69.7 cm³/mol. The normalized spacial score (nSPS) is 13.0. The van der Waals surface area contributed by atoms with Crippen LogP contribution in [0.3, 0.4) is 0 Å². The Hall–Kier alpha value is -0.670. The van der Waals surface area contributed by atoms with Crippen molar-refractivity contribution in [3.05, 3.63) is 22.4 Å². The van der Waals surface area contributed by atoms with Gasteiger partial charge in [0.25, 0.3) is 0 Å². The van der Waals surface area contributed by atoms with Gasteiger partial charge in [-0.3, -0.25) is 9.69 Å². The van der Waals surface area contributed by atoms with Gasteiger partial charge >= 0.3 is 0 Å². The molecule has 0 fully saturated rings. The molecule has 3 heteroatoms. The molecule has 1 aromatic heterocycles. The molecular weight excluding hydrogens is 218 g/mol. The second-order valence-electron chi connectivity index (χ2n) is 4.16. The molecule has 0 saturated heterocycles. The molecule has 0 saturated carbocycles. The quantitative estimate of drug-likeness (QED) is 0.728. The number of thiophene rings is 1. The van der Waals surface area contributed by atoms with E-state index in [1.165, 1.54) is 4.88 Å². The van der Waals surface area contributed by atoms with Gasteiger partial charge in [0.05, 0.1) is 6.54 Å². The molecule has 0 aliphatic rings. The maximum absolute atomic E-state index is 11.8. The van der Waals surface area contributed by atoms with Crippen molar-refractivity contribution in [2.24, 2.45) is 5.92 Å². The van der Waals surface area contributed by atoms with Crippen molar-refractivity contribution < 1.29 is 4.79 Å². The summed E-state index contributed by atoms with van der Waals surface area (Å²) < 4.78 is 0. The molecule has 0 spiro atoms. The fraction of sp³-hybridized carbons (Fsp3) is 0.615. The second-order valence-corrected chi connectivity index (χ2v) is 5.19. The zero-order valence-electron chi connectivity index (χ0n) is 10.4. The Balaban J connectivity index is 2.46. The van der Waals surface area contributed by atoms with Gasteiger partial charge in [0.15, 0.2) is 0 Å². The first kappa shape index (κ1) is 13.4. The third-order valence-corrected chi connectivity index (χ3v) is 3.81. The Bertz CT molecular complexity index is 308. The van der Waals surface area contributed by atoms with Crippen molar-refractivity contribution in [2.45, 2.75) is 33.7 Å². The molecule has 1 rings (SSSR count). The summed E-state index contributed by atoms with van der Waals surface area (Å²) in [5.74, 6) is 0.554. The maximum Gasteiger partial charge on any atom is 0.149 e. The number of likely N-dealkylation sites (N-methyl/N-ethyl adjacent to an activating group) is 1. The monoisotopic (exact) mass is 239 g/mol. The molecule has 0 aliphatic heterocycles. The summed E-state index contributed by atoms with van der Waals surface area (Å²) in [6.07, 6.45) is 0.940. The fourth-order valence-corrected chi connectivity index (χ4v) is 2.25. The third-order valence-electron chi connectivity index (χ3n) is 2.95. The first-order valence-electron chi connectivity index (χ1n) is 5.94. The van der Waals surface area contributed by atoms with E-state index in [2.05, 4.69) is 36.3 Å². The Morgan fingerprint density at radius 3 is 2.75 bits per heavy atom. The lowest BCUT2D eigenvalue weighted by Gasteiger charge is -2.20. The predicted octanol–water partition coefficient (Wildman–Crippen LogP) is 3.19. The maximum atomic E-state index is 11.8.